The molecule has 2 aromatic heterocycles. The Labute approximate surface area is 156 Å². The Kier molecular flexibility index (Phi) is 4.19. The first-order valence-corrected chi connectivity index (χ1v) is 8.61. The van der Waals surface area contributed by atoms with Crippen molar-refractivity contribution >= 4 is 16.9 Å². The normalized spacial score (nSPS) is 11.1. The second kappa shape index (κ2) is 6.68. The number of aromatic nitrogens is 4. The Morgan fingerprint density at radius 3 is 2.81 bits per heavy atom. The third kappa shape index (κ3) is 3.44. The van der Waals surface area contributed by atoms with E-state index < -0.39 is 0 Å². The summed E-state index contributed by atoms with van der Waals surface area (Å²) in [7, 11) is 1.71. The number of imidazole rings is 1. The van der Waals surface area contributed by atoms with Crippen LogP contribution in [0.25, 0.3) is 22.4 Å². The van der Waals surface area contributed by atoms with E-state index in [2.05, 4.69) is 20.1 Å². The van der Waals surface area contributed by atoms with Crippen molar-refractivity contribution in [2.75, 3.05) is 7.05 Å². The lowest BCUT2D eigenvalue weighted by molar-refractivity contribution is 0.0769. The van der Waals surface area contributed by atoms with Crippen molar-refractivity contribution in [2.24, 2.45) is 0 Å². The number of benzene rings is 2. The Morgan fingerprint density at radius 2 is 2.00 bits per heavy atom. The maximum atomic E-state index is 12.7. The van der Waals surface area contributed by atoms with Gasteiger partial charge in [-0.3, -0.25) is 4.79 Å². The van der Waals surface area contributed by atoms with Crippen LogP contribution in [-0.4, -0.2) is 38.0 Å². The highest BCUT2D eigenvalue weighted by Gasteiger charge is 2.17. The molecule has 4 rings (SSSR count). The van der Waals surface area contributed by atoms with Gasteiger partial charge in [0.05, 0.1) is 17.6 Å². The molecule has 7 heteroatoms. The maximum Gasteiger partial charge on any atom is 0.254 e. The van der Waals surface area contributed by atoms with E-state index in [-0.39, 0.29) is 12.5 Å². The lowest BCUT2D eigenvalue weighted by Crippen LogP contribution is -2.26. The van der Waals surface area contributed by atoms with Gasteiger partial charge in [0.2, 0.25) is 11.7 Å². The topological polar surface area (TPSA) is 87.9 Å². The Balaban J connectivity index is 1.51. The molecule has 0 aliphatic rings. The Morgan fingerprint density at radius 1 is 1.15 bits per heavy atom. The van der Waals surface area contributed by atoms with Gasteiger partial charge in [0.25, 0.3) is 5.91 Å². The molecule has 0 atom stereocenters. The van der Waals surface area contributed by atoms with Crippen LogP contribution >= 0.6 is 0 Å². The molecule has 1 N–H and O–H groups in total. The number of hydrogen-bond donors (Lipinski definition) is 1. The quantitative estimate of drug-likeness (QED) is 0.601. The molecular formula is C20H19N5O2. The van der Waals surface area contributed by atoms with Crippen molar-refractivity contribution in [2.45, 2.75) is 20.4 Å². The van der Waals surface area contributed by atoms with Crippen LogP contribution in [0.3, 0.4) is 0 Å². The average molecular weight is 361 g/mol. The number of rotatable bonds is 4. The molecule has 0 bridgehead atoms. The summed E-state index contributed by atoms with van der Waals surface area (Å²) in [5, 5.41) is 4.02. The zero-order valence-corrected chi connectivity index (χ0v) is 15.4. The van der Waals surface area contributed by atoms with Crippen molar-refractivity contribution < 1.29 is 9.32 Å². The van der Waals surface area contributed by atoms with E-state index in [9.17, 15) is 4.79 Å². The van der Waals surface area contributed by atoms with Crippen LogP contribution in [0.15, 0.2) is 47.0 Å². The number of nitrogens with one attached hydrogen (secondary N) is 1. The summed E-state index contributed by atoms with van der Waals surface area (Å²) in [5.41, 5.74) is 4.26. The summed E-state index contributed by atoms with van der Waals surface area (Å²) in [6, 6.07) is 13.3. The minimum absolute atomic E-state index is 0.126. The number of aryl methyl sites for hydroxylation is 2. The fourth-order valence-electron chi connectivity index (χ4n) is 2.99. The highest BCUT2D eigenvalue weighted by atomic mass is 16.5. The lowest BCUT2D eigenvalue weighted by Gasteiger charge is -2.14. The third-order valence-corrected chi connectivity index (χ3v) is 4.31. The van der Waals surface area contributed by atoms with Crippen molar-refractivity contribution in [3.05, 3.63) is 65.3 Å². The molecule has 0 saturated heterocycles. The number of amides is 1. The molecule has 4 aromatic rings. The highest BCUT2D eigenvalue weighted by Crippen LogP contribution is 2.19. The first-order valence-electron chi connectivity index (χ1n) is 8.61. The molecule has 0 aliphatic heterocycles. The van der Waals surface area contributed by atoms with Crippen LogP contribution in [0.5, 0.6) is 0 Å². The van der Waals surface area contributed by atoms with E-state index in [0.29, 0.717) is 17.3 Å². The molecule has 7 nitrogen and oxygen atoms in total. The molecule has 1 amide bonds. The molecule has 27 heavy (non-hydrogen) atoms. The van der Waals surface area contributed by atoms with E-state index in [1.165, 1.54) is 0 Å². The lowest BCUT2D eigenvalue weighted by atomic mass is 10.1. The van der Waals surface area contributed by atoms with Crippen LogP contribution in [0.2, 0.25) is 0 Å². The zero-order valence-electron chi connectivity index (χ0n) is 15.4. The van der Waals surface area contributed by atoms with Gasteiger partial charge >= 0.3 is 0 Å². The summed E-state index contributed by atoms with van der Waals surface area (Å²) < 4.78 is 5.32. The Bertz CT molecular complexity index is 1130. The summed E-state index contributed by atoms with van der Waals surface area (Å²) in [4.78, 5) is 26.2. The minimum Gasteiger partial charge on any atom is -0.342 e. The van der Waals surface area contributed by atoms with E-state index in [4.69, 9.17) is 4.52 Å². The third-order valence-electron chi connectivity index (χ3n) is 4.31. The van der Waals surface area contributed by atoms with Gasteiger partial charge in [0.1, 0.15) is 5.82 Å². The second-order valence-corrected chi connectivity index (χ2v) is 6.60. The van der Waals surface area contributed by atoms with Gasteiger partial charge in [-0.1, -0.05) is 28.9 Å². The van der Waals surface area contributed by atoms with Gasteiger partial charge in [-0.05, 0) is 38.1 Å². The molecule has 2 aromatic carbocycles. The summed E-state index contributed by atoms with van der Waals surface area (Å²) in [6.07, 6.45) is 0. The summed E-state index contributed by atoms with van der Waals surface area (Å²) in [5.74, 6) is 1.60. The van der Waals surface area contributed by atoms with E-state index in [0.717, 1.165) is 28.0 Å². The molecular weight excluding hydrogens is 342 g/mol. The number of fused-ring (bicyclic) bond motifs is 1. The first-order chi connectivity index (χ1) is 13.0. The number of aromatic amines is 1. The predicted octanol–water partition coefficient (Wildman–Crippen LogP) is 3.50. The van der Waals surface area contributed by atoms with Crippen molar-refractivity contribution in [3.8, 4) is 11.4 Å². The molecule has 0 unspecified atom stereocenters. The van der Waals surface area contributed by atoms with Gasteiger partial charge in [0.15, 0.2) is 0 Å². The van der Waals surface area contributed by atoms with E-state index in [1.807, 2.05) is 44.2 Å². The largest absolute Gasteiger partial charge is 0.342 e. The van der Waals surface area contributed by atoms with Gasteiger partial charge < -0.3 is 14.4 Å². The van der Waals surface area contributed by atoms with Gasteiger partial charge in [0, 0.05) is 18.2 Å². The molecule has 136 valence electrons. The zero-order chi connectivity index (χ0) is 19.0. The average Bonchev–Trinajstić information content (AvgIpc) is 3.25. The second-order valence-electron chi connectivity index (χ2n) is 6.60. The highest BCUT2D eigenvalue weighted by molar-refractivity contribution is 5.97. The predicted molar refractivity (Wildman–Crippen MR) is 101 cm³/mol. The van der Waals surface area contributed by atoms with Crippen molar-refractivity contribution in [3.63, 3.8) is 0 Å². The fourth-order valence-corrected chi connectivity index (χ4v) is 2.99. The Hall–Kier alpha value is -3.48. The minimum atomic E-state index is -0.126. The van der Waals surface area contributed by atoms with Crippen LogP contribution in [0, 0.1) is 13.8 Å². The molecule has 0 radical (unpaired) electrons. The molecule has 0 saturated carbocycles. The molecule has 0 spiro atoms. The SMILES string of the molecule is Cc1cccc(-c2noc(CN(C)C(=O)c3ccc4nc(C)[nH]c4c3)n2)c1. The van der Waals surface area contributed by atoms with Crippen molar-refractivity contribution in [1.29, 1.82) is 0 Å². The standard InChI is InChI=1S/C20H19N5O2/c1-12-5-4-6-14(9-12)19-23-18(27-24-19)11-25(3)20(26)15-7-8-16-17(10-15)22-13(2)21-16/h4-10H,11H2,1-3H3,(H,21,22). The number of hydrogen-bond acceptors (Lipinski definition) is 5. The molecule has 2 heterocycles. The van der Waals surface area contributed by atoms with E-state index >= 15 is 0 Å². The maximum absolute atomic E-state index is 12.7. The van der Waals surface area contributed by atoms with Crippen LogP contribution in [0.4, 0.5) is 0 Å². The first kappa shape index (κ1) is 17.0. The van der Waals surface area contributed by atoms with Gasteiger partial charge in [-0.15, -0.1) is 0 Å². The number of carbonyl (C=O) groups is 1. The number of carbonyl (C=O) groups excluding carboxylic acids is 1. The summed E-state index contributed by atoms with van der Waals surface area (Å²) in [6.45, 7) is 4.13. The number of H-pyrrole nitrogens is 1. The van der Waals surface area contributed by atoms with Crippen LogP contribution in [-0.2, 0) is 6.54 Å². The molecule has 0 aliphatic carbocycles. The smallest absolute Gasteiger partial charge is 0.254 e. The summed E-state index contributed by atoms with van der Waals surface area (Å²) >= 11 is 0. The van der Waals surface area contributed by atoms with Gasteiger partial charge in [-0.25, -0.2) is 4.98 Å². The molecule has 0 fully saturated rings. The number of nitrogens with zero attached hydrogens (tertiary/aromatic N) is 4. The van der Waals surface area contributed by atoms with Crippen LogP contribution in [0.1, 0.15) is 27.6 Å². The van der Waals surface area contributed by atoms with Gasteiger partial charge in [-0.2, -0.15) is 4.98 Å². The van der Waals surface area contributed by atoms with Crippen molar-refractivity contribution in [1.82, 2.24) is 25.0 Å². The fraction of sp³-hybridized carbons (Fsp3) is 0.200. The van der Waals surface area contributed by atoms with E-state index in [1.54, 1.807) is 24.1 Å². The van der Waals surface area contributed by atoms with Crippen LogP contribution < -0.4 is 0 Å². The monoisotopic (exact) mass is 361 g/mol.